The van der Waals surface area contributed by atoms with Crippen LogP contribution in [-0.4, -0.2) is 61.8 Å². The van der Waals surface area contributed by atoms with Crippen LogP contribution in [0.1, 0.15) is 12.7 Å². The van der Waals surface area contributed by atoms with Gasteiger partial charge < -0.3 is 9.80 Å². The minimum absolute atomic E-state index is 0.864. The number of anilines is 1. The molecular weight excluding hydrogens is 290 g/mol. The first-order valence-corrected chi connectivity index (χ1v) is 8.08. The van der Waals surface area contributed by atoms with Gasteiger partial charge in [-0.05, 0) is 13.5 Å². The summed E-state index contributed by atoms with van der Waals surface area (Å²) in [6.07, 6.45) is 5.56. The van der Waals surface area contributed by atoms with E-state index in [9.17, 15) is 0 Å². The molecule has 7 nitrogen and oxygen atoms in total. The number of likely N-dealkylation sites (N-methyl/N-ethyl adjacent to an activating group) is 1. The van der Waals surface area contributed by atoms with E-state index < -0.39 is 0 Å². The van der Waals surface area contributed by atoms with Gasteiger partial charge in [-0.3, -0.25) is 4.57 Å². The van der Waals surface area contributed by atoms with Gasteiger partial charge in [0.2, 0.25) is 0 Å². The number of nitrogens with zero attached hydrogens (tertiary/aromatic N) is 7. The second-order valence-electron chi connectivity index (χ2n) is 5.84. The third-order valence-electron chi connectivity index (χ3n) is 4.54. The van der Waals surface area contributed by atoms with Crippen molar-refractivity contribution in [3.63, 3.8) is 0 Å². The molecule has 0 spiro atoms. The molecule has 23 heavy (non-hydrogen) atoms. The topological polar surface area (TPSA) is 54.5 Å². The molecule has 0 N–H and O–H groups in total. The highest BCUT2D eigenvalue weighted by Crippen LogP contribution is 2.20. The number of aromatic nitrogens is 5. The number of hydrogen-bond donors (Lipinski definition) is 0. The molecule has 120 valence electrons. The lowest BCUT2D eigenvalue weighted by atomic mass is 10.3. The lowest BCUT2D eigenvalue weighted by Crippen LogP contribution is -2.46. The smallest absolute Gasteiger partial charge is 0.159 e. The maximum absolute atomic E-state index is 4.78. The lowest BCUT2D eigenvalue weighted by molar-refractivity contribution is 0.270. The van der Waals surface area contributed by atoms with Crippen molar-refractivity contribution >= 4 is 11.5 Å². The highest BCUT2D eigenvalue weighted by molar-refractivity contribution is 5.54. The molecule has 3 aromatic heterocycles. The van der Waals surface area contributed by atoms with Crippen LogP contribution < -0.4 is 4.90 Å². The molecule has 1 aliphatic rings. The number of aryl methyl sites for hydroxylation is 1. The first-order valence-electron chi connectivity index (χ1n) is 8.08. The summed E-state index contributed by atoms with van der Waals surface area (Å²) in [5.74, 6) is 2.93. The average Bonchev–Trinajstić information content (AvgIpc) is 3.22. The molecule has 0 saturated carbocycles. The van der Waals surface area contributed by atoms with E-state index in [1.165, 1.54) is 0 Å². The monoisotopic (exact) mass is 311 g/mol. The number of rotatable bonds is 3. The van der Waals surface area contributed by atoms with Crippen LogP contribution in [-0.2, 0) is 0 Å². The van der Waals surface area contributed by atoms with E-state index >= 15 is 0 Å². The van der Waals surface area contributed by atoms with Crippen molar-refractivity contribution in [3.8, 4) is 5.82 Å². The van der Waals surface area contributed by atoms with E-state index in [2.05, 4.69) is 32.9 Å². The zero-order valence-corrected chi connectivity index (χ0v) is 13.6. The van der Waals surface area contributed by atoms with Crippen LogP contribution in [0.4, 0.5) is 5.82 Å². The third-order valence-corrected chi connectivity index (χ3v) is 4.54. The zero-order valence-electron chi connectivity index (χ0n) is 13.6. The molecule has 4 heterocycles. The Bertz CT molecular complexity index is 811. The maximum atomic E-state index is 4.78. The second-order valence-corrected chi connectivity index (χ2v) is 5.84. The number of fused-ring (bicyclic) bond motifs is 1. The fraction of sp³-hybridized carbons (Fsp3) is 0.438. The first kappa shape index (κ1) is 14.2. The van der Waals surface area contributed by atoms with E-state index in [1.54, 1.807) is 6.20 Å². The van der Waals surface area contributed by atoms with Crippen LogP contribution in [0.3, 0.4) is 0 Å². The molecule has 0 amide bonds. The van der Waals surface area contributed by atoms with E-state index in [0.29, 0.717) is 0 Å². The van der Waals surface area contributed by atoms with E-state index in [-0.39, 0.29) is 0 Å². The van der Waals surface area contributed by atoms with Gasteiger partial charge >= 0.3 is 0 Å². The molecule has 0 atom stereocenters. The molecule has 1 aliphatic heterocycles. The highest BCUT2D eigenvalue weighted by atomic mass is 15.3. The van der Waals surface area contributed by atoms with Crippen LogP contribution in [0.5, 0.6) is 0 Å². The Labute approximate surface area is 135 Å². The SMILES string of the molecule is CCN1CCN(c2cc(-n3ccnc3C)n3nccc3n2)CC1. The van der Waals surface area contributed by atoms with Gasteiger partial charge in [0, 0.05) is 50.7 Å². The maximum Gasteiger partial charge on any atom is 0.159 e. The van der Waals surface area contributed by atoms with Gasteiger partial charge in [-0.25, -0.2) is 9.97 Å². The van der Waals surface area contributed by atoms with E-state index in [0.717, 1.165) is 55.8 Å². The normalized spacial score (nSPS) is 16.3. The van der Waals surface area contributed by atoms with Gasteiger partial charge in [0.15, 0.2) is 5.65 Å². The van der Waals surface area contributed by atoms with Crippen LogP contribution in [0.2, 0.25) is 0 Å². The van der Waals surface area contributed by atoms with Crippen molar-refractivity contribution in [2.24, 2.45) is 0 Å². The summed E-state index contributed by atoms with van der Waals surface area (Å²) in [7, 11) is 0. The van der Waals surface area contributed by atoms with Gasteiger partial charge in [-0.2, -0.15) is 9.61 Å². The first-order chi connectivity index (χ1) is 11.3. The molecule has 1 fully saturated rings. The summed E-state index contributed by atoms with van der Waals surface area (Å²) in [5, 5.41) is 4.41. The molecule has 1 saturated heterocycles. The van der Waals surface area contributed by atoms with Crippen molar-refractivity contribution in [2.45, 2.75) is 13.8 Å². The molecular formula is C16H21N7. The molecule has 0 aromatic carbocycles. The average molecular weight is 311 g/mol. The van der Waals surface area contributed by atoms with Gasteiger partial charge in [0.1, 0.15) is 17.5 Å². The summed E-state index contributed by atoms with van der Waals surface area (Å²) in [4.78, 5) is 13.9. The molecule has 0 unspecified atom stereocenters. The quantitative estimate of drug-likeness (QED) is 0.731. The van der Waals surface area contributed by atoms with E-state index in [1.807, 2.05) is 34.5 Å². The second kappa shape index (κ2) is 5.66. The molecule has 0 aliphatic carbocycles. The minimum Gasteiger partial charge on any atom is -0.354 e. The fourth-order valence-corrected chi connectivity index (χ4v) is 3.13. The zero-order chi connectivity index (χ0) is 15.8. The van der Waals surface area contributed by atoms with Gasteiger partial charge in [-0.15, -0.1) is 0 Å². The van der Waals surface area contributed by atoms with Crippen LogP contribution in [0.15, 0.2) is 30.7 Å². The van der Waals surface area contributed by atoms with Crippen molar-refractivity contribution in [1.29, 1.82) is 0 Å². The molecule has 0 bridgehead atoms. The fourth-order valence-electron chi connectivity index (χ4n) is 3.13. The number of hydrogen-bond acceptors (Lipinski definition) is 5. The summed E-state index contributed by atoms with van der Waals surface area (Å²) >= 11 is 0. The van der Waals surface area contributed by atoms with E-state index in [4.69, 9.17) is 4.98 Å². The predicted molar refractivity (Wildman–Crippen MR) is 89.2 cm³/mol. The largest absolute Gasteiger partial charge is 0.354 e. The Morgan fingerprint density at radius 3 is 2.65 bits per heavy atom. The summed E-state index contributed by atoms with van der Waals surface area (Å²) in [6, 6.07) is 4.05. The summed E-state index contributed by atoms with van der Waals surface area (Å²) in [6.45, 7) is 9.51. The van der Waals surface area contributed by atoms with Crippen molar-refractivity contribution in [2.75, 3.05) is 37.6 Å². The van der Waals surface area contributed by atoms with Crippen LogP contribution in [0.25, 0.3) is 11.5 Å². The lowest BCUT2D eigenvalue weighted by Gasteiger charge is -2.34. The molecule has 3 aromatic rings. The number of imidazole rings is 1. The van der Waals surface area contributed by atoms with Crippen molar-refractivity contribution in [1.82, 2.24) is 29.0 Å². The van der Waals surface area contributed by atoms with Gasteiger partial charge in [0.05, 0.1) is 6.20 Å². The Morgan fingerprint density at radius 1 is 1.13 bits per heavy atom. The van der Waals surface area contributed by atoms with Crippen LogP contribution in [0, 0.1) is 6.92 Å². The minimum atomic E-state index is 0.864. The highest BCUT2D eigenvalue weighted by Gasteiger charge is 2.19. The van der Waals surface area contributed by atoms with Gasteiger partial charge in [0.25, 0.3) is 0 Å². The van der Waals surface area contributed by atoms with Crippen LogP contribution >= 0.6 is 0 Å². The third kappa shape index (κ3) is 2.46. The van der Waals surface area contributed by atoms with Crippen molar-refractivity contribution in [3.05, 3.63) is 36.5 Å². The molecule has 0 radical (unpaired) electrons. The Hall–Kier alpha value is -2.41. The number of piperazine rings is 1. The Balaban J connectivity index is 1.76. The summed E-state index contributed by atoms with van der Waals surface area (Å²) < 4.78 is 3.91. The van der Waals surface area contributed by atoms with Crippen molar-refractivity contribution < 1.29 is 0 Å². The Morgan fingerprint density at radius 2 is 1.96 bits per heavy atom. The predicted octanol–water partition coefficient (Wildman–Crippen LogP) is 1.37. The standard InChI is InChI=1S/C16H21N7/c1-3-20-8-10-21(11-9-20)15-12-16(22-7-6-17-13(22)2)23-14(19-15)4-5-18-23/h4-7,12H,3,8-11H2,1-2H3. The molecule has 7 heteroatoms. The Kier molecular flexibility index (Phi) is 3.49. The van der Waals surface area contributed by atoms with Gasteiger partial charge in [-0.1, -0.05) is 6.92 Å². The summed E-state index contributed by atoms with van der Waals surface area (Å²) in [5.41, 5.74) is 0.864. The molecule has 4 rings (SSSR count).